The average molecular weight is 256 g/mol. The summed E-state index contributed by atoms with van der Waals surface area (Å²) in [6.45, 7) is 4.26. The van der Waals surface area contributed by atoms with E-state index in [1.807, 2.05) is 6.20 Å². The van der Waals surface area contributed by atoms with E-state index in [1.165, 1.54) is 11.9 Å². The van der Waals surface area contributed by atoms with Gasteiger partial charge in [-0.05, 0) is 24.5 Å². The van der Waals surface area contributed by atoms with Gasteiger partial charge in [0.1, 0.15) is 12.1 Å². The molecule has 2 heterocycles. The van der Waals surface area contributed by atoms with Gasteiger partial charge in [-0.2, -0.15) is 0 Å². The second-order valence-corrected chi connectivity index (χ2v) is 4.62. The summed E-state index contributed by atoms with van der Waals surface area (Å²) in [6, 6.07) is 4.18. The van der Waals surface area contributed by atoms with Gasteiger partial charge >= 0.3 is 0 Å². The molecule has 0 aliphatic carbocycles. The summed E-state index contributed by atoms with van der Waals surface area (Å²) in [7, 11) is 0. The molecular formula is C15H20N4. The Morgan fingerprint density at radius 2 is 1.95 bits per heavy atom. The van der Waals surface area contributed by atoms with Crippen molar-refractivity contribution < 1.29 is 0 Å². The summed E-state index contributed by atoms with van der Waals surface area (Å²) in [5.74, 6) is 0.594. The largest absolute Gasteiger partial charge is 0.383 e. The highest BCUT2D eigenvalue weighted by Crippen LogP contribution is 2.17. The Balaban J connectivity index is 2.24. The van der Waals surface area contributed by atoms with Crippen LogP contribution in [0.5, 0.6) is 0 Å². The Labute approximate surface area is 114 Å². The molecule has 0 spiro atoms. The number of aryl methyl sites for hydroxylation is 1. The maximum absolute atomic E-state index is 5.94. The second-order valence-electron chi connectivity index (χ2n) is 4.62. The minimum Gasteiger partial charge on any atom is -0.383 e. The van der Waals surface area contributed by atoms with E-state index in [0.717, 1.165) is 36.2 Å². The van der Waals surface area contributed by atoms with Crippen LogP contribution in [0.4, 0.5) is 5.82 Å². The highest BCUT2D eigenvalue weighted by Gasteiger charge is 2.09. The molecule has 2 aromatic heterocycles. The van der Waals surface area contributed by atoms with Crippen molar-refractivity contribution in [3.05, 3.63) is 47.2 Å². The molecule has 100 valence electrons. The summed E-state index contributed by atoms with van der Waals surface area (Å²) in [6.07, 6.45) is 7.13. The van der Waals surface area contributed by atoms with E-state index < -0.39 is 0 Å². The zero-order valence-corrected chi connectivity index (χ0v) is 11.6. The van der Waals surface area contributed by atoms with E-state index in [0.29, 0.717) is 12.2 Å². The number of pyridine rings is 1. The van der Waals surface area contributed by atoms with Crippen LogP contribution in [0.2, 0.25) is 0 Å². The van der Waals surface area contributed by atoms with Crippen LogP contribution in [0.1, 0.15) is 42.8 Å². The van der Waals surface area contributed by atoms with Crippen molar-refractivity contribution in [3.63, 3.8) is 0 Å². The quantitative estimate of drug-likeness (QED) is 0.893. The zero-order chi connectivity index (χ0) is 13.7. The lowest BCUT2D eigenvalue weighted by molar-refractivity contribution is 0.863. The smallest absolute Gasteiger partial charge is 0.130 e. The summed E-state index contributed by atoms with van der Waals surface area (Å²) < 4.78 is 0. The maximum atomic E-state index is 5.94. The molecule has 2 rings (SSSR count). The molecule has 0 fully saturated rings. The van der Waals surface area contributed by atoms with Gasteiger partial charge in [0.25, 0.3) is 0 Å². The summed E-state index contributed by atoms with van der Waals surface area (Å²) in [5.41, 5.74) is 10.3. The van der Waals surface area contributed by atoms with Crippen LogP contribution in [0.3, 0.4) is 0 Å². The first kappa shape index (κ1) is 13.5. The van der Waals surface area contributed by atoms with E-state index in [-0.39, 0.29) is 0 Å². The van der Waals surface area contributed by atoms with Gasteiger partial charge in [-0.3, -0.25) is 4.98 Å². The number of nitrogens with zero attached hydrogens (tertiary/aromatic N) is 3. The highest BCUT2D eigenvalue weighted by atomic mass is 14.9. The predicted molar refractivity (Wildman–Crippen MR) is 76.9 cm³/mol. The molecular weight excluding hydrogens is 236 g/mol. The average Bonchev–Trinajstić information content (AvgIpc) is 2.43. The highest BCUT2D eigenvalue weighted by molar-refractivity contribution is 5.42. The van der Waals surface area contributed by atoms with Crippen LogP contribution in [0, 0.1) is 0 Å². The minimum atomic E-state index is 0.594. The minimum absolute atomic E-state index is 0.594. The molecule has 0 aliphatic heterocycles. The van der Waals surface area contributed by atoms with Crippen molar-refractivity contribution in [2.45, 2.75) is 39.5 Å². The Morgan fingerprint density at radius 1 is 1.11 bits per heavy atom. The number of nitrogens with two attached hydrogens (primary N) is 1. The Morgan fingerprint density at radius 3 is 2.58 bits per heavy atom. The molecule has 0 atom stereocenters. The lowest BCUT2D eigenvalue weighted by Crippen LogP contribution is -2.06. The van der Waals surface area contributed by atoms with Crippen LogP contribution in [-0.4, -0.2) is 15.0 Å². The molecule has 4 nitrogen and oxygen atoms in total. The molecule has 0 bridgehead atoms. The number of rotatable bonds is 5. The maximum Gasteiger partial charge on any atom is 0.130 e. The van der Waals surface area contributed by atoms with Gasteiger partial charge in [0.2, 0.25) is 0 Å². The molecule has 4 heteroatoms. The van der Waals surface area contributed by atoms with Crippen LogP contribution in [0.25, 0.3) is 0 Å². The molecule has 0 amide bonds. The molecule has 0 unspecified atom stereocenters. The molecule has 19 heavy (non-hydrogen) atoms. The van der Waals surface area contributed by atoms with Crippen molar-refractivity contribution in [2.75, 3.05) is 5.73 Å². The van der Waals surface area contributed by atoms with Gasteiger partial charge < -0.3 is 5.73 Å². The molecule has 0 aromatic carbocycles. The van der Waals surface area contributed by atoms with Gasteiger partial charge in [-0.1, -0.05) is 26.3 Å². The van der Waals surface area contributed by atoms with E-state index in [9.17, 15) is 0 Å². The normalized spacial score (nSPS) is 10.6. The first-order chi connectivity index (χ1) is 9.24. The van der Waals surface area contributed by atoms with E-state index in [4.69, 9.17) is 5.73 Å². The van der Waals surface area contributed by atoms with Crippen LogP contribution >= 0.6 is 0 Å². The van der Waals surface area contributed by atoms with Crippen molar-refractivity contribution >= 4 is 5.82 Å². The first-order valence-electron chi connectivity index (χ1n) is 6.76. The van der Waals surface area contributed by atoms with Crippen LogP contribution in [0.15, 0.2) is 24.7 Å². The fourth-order valence-electron chi connectivity index (χ4n) is 2.08. The van der Waals surface area contributed by atoms with Crippen molar-refractivity contribution in [3.8, 4) is 0 Å². The fraction of sp³-hybridized carbons (Fsp3) is 0.400. The molecule has 0 aliphatic rings. The van der Waals surface area contributed by atoms with Gasteiger partial charge in [0.15, 0.2) is 0 Å². The topological polar surface area (TPSA) is 64.7 Å². The molecule has 2 N–H and O–H groups in total. The zero-order valence-electron chi connectivity index (χ0n) is 11.6. The molecule has 2 aromatic rings. The summed E-state index contributed by atoms with van der Waals surface area (Å²) in [5, 5.41) is 0. The van der Waals surface area contributed by atoms with E-state index in [1.54, 1.807) is 0 Å². The van der Waals surface area contributed by atoms with E-state index in [2.05, 4.69) is 40.9 Å². The number of hydrogen-bond acceptors (Lipinski definition) is 4. The molecule has 0 saturated carbocycles. The van der Waals surface area contributed by atoms with Crippen molar-refractivity contribution in [1.29, 1.82) is 0 Å². The van der Waals surface area contributed by atoms with Crippen LogP contribution < -0.4 is 5.73 Å². The van der Waals surface area contributed by atoms with Crippen molar-refractivity contribution in [2.24, 2.45) is 0 Å². The molecule has 0 radical (unpaired) electrons. The first-order valence-corrected chi connectivity index (χ1v) is 6.76. The number of aromatic nitrogens is 3. The van der Waals surface area contributed by atoms with Gasteiger partial charge in [-0.15, -0.1) is 0 Å². The monoisotopic (exact) mass is 256 g/mol. The number of anilines is 1. The third kappa shape index (κ3) is 3.28. The summed E-state index contributed by atoms with van der Waals surface area (Å²) in [4.78, 5) is 12.9. The van der Waals surface area contributed by atoms with Gasteiger partial charge in [-0.25, -0.2) is 9.97 Å². The second kappa shape index (κ2) is 6.27. The van der Waals surface area contributed by atoms with Gasteiger partial charge in [0, 0.05) is 23.9 Å². The number of nitrogen functional groups attached to an aromatic ring is 1. The number of hydrogen-bond donors (Lipinski definition) is 1. The van der Waals surface area contributed by atoms with Crippen LogP contribution in [-0.2, 0) is 19.3 Å². The SMILES string of the molecule is CCCc1c(N)ncnc1Cc1ccc(CC)cn1. The third-order valence-electron chi connectivity index (χ3n) is 3.21. The summed E-state index contributed by atoms with van der Waals surface area (Å²) >= 11 is 0. The Bertz CT molecular complexity index is 534. The Hall–Kier alpha value is -1.97. The standard InChI is InChI=1S/C15H20N4/c1-3-5-13-14(18-10-19-15(13)16)8-12-7-6-11(4-2)9-17-12/h6-7,9-10H,3-5,8H2,1-2H3,(H2,16,18,19). The van der Waals surface area contributed by atoms with Crippen molar-refractivity contribution in [1.82, 2.24) is 15.0 Å². The molecule has 0 saturated heterocycles. The third-order valence-corrected chi connectivity index (χ3v) is 3.21. The van der Waals surface area contributed by atoms with Gasteiger partial charge in [0.05, 0.1) is 5.69 Å². The van der Waals surface area contributed by atoms with E-state index >= 15 is 0 Å². The predicted octanol–water partition coefficient (Wildman–Crippen LogP) is 2.56. The lowest BCUT2D eigenvalue weighted by atomic mass is 10.0. The fourth-order valence-corrected chi connectivity index (χ4v) is 2.08. The lowest BCUT2D eigenvalue weighted by Gasteiger charge is -2.09. The Kier molecular flexibility index (Phi) is 4.44.